The SMILES string of the molecule is CN(C1CC1)S(=O)(=O)c1cn[nH]c1. The Morgan fingerprint density at radius 1 is 1.62 bits per heavy atom. The molecular weight excluding hydrogens is 190 g/mol. The molecule has 1 aliphatic carbocycles. The van der Waals surface area contributed by atoms with Crippen molar-refractivity contribution in [2.45, 2.75) is 23.8 Å². The number of rotatable bonds is 3. The van der Waals surface area contributed by atoms with Crippen LogP contribution in [0.5, 0.6) is 0 Å². The highest BCUT2D eigenvalue weighted by molar-refractivity contribution is 7.89. The van der Waals surface area contributed by atoms with E-state index in [2.05, 4.69) is 10.2 Å². The molecule has 5 nitrogen and oxygen atoms in total. The lowest BCUT2D eigenvalue weighted by Crippen LogP contribution is -2.28. The molecule has 1 aromatic rings. The number of nitrogens with one attached hydrogen (secondary N) is 1. The number of hydrogen-bond acceptors (Lipinski definition) is 3. The number of H-pyrrole nitrogens is 1. The molecule has 0 aromatic carbocycles. The van der Waals surface area contributed by atoms with Crippen LogP contribution in [0.3, 0.4) is 0 Å². The first-order chi connectivity index (χ1) is 6.12. The lowest BCUT2D eigenvalue weighted by atomic mass is 10.7. The fourth-order valence-electron chi connectivity index (χ4n) is 1.18. The second-order valence-electron chi connectivity index (χ2n) is 3.19. The maximum Gasteiger partial charge on any atom is 0.246 e. The van der Waals surface area contributed by atoms with Crippen molar-refractivity contribution in [2.24, 2.45) is 0 Å². The number of aromatic amines is 1. The third-order valence-corrected chi connectivity index (χ3v) is 4.09. The van der Waals surface area contributed by atoms with Gasteiger partial charge in [-0.05, 0) is 12.8 Å². The fraction of sp³-hybridized carbons (Fsp3) is 0.571. The fourth-order valence-corrected chi connectivity index (χ4v) is 2.50. The van der Waals surface area contributed by atoms with Crippen LogP contribution in [-0.4, -0.2) is 36.0 Å². The zero-order valence-corrected chi connectivity index (χ0v) is 8.08. The Hall–Kier alpha value is -0.880. The van der Waals surface area contributed by atoms with Gasteiger partial charge in [-0.1, -0.05) is 0 Å². The van der Waals surface area contributed by atoms with E-state index in [1.165, 1.54) is 16.7 Å². The van der Waals surface area contributed by atoms with E-state index in [0.717, 1.165) is 12.8 Å². The lowest BCUT2D eigenvalue weighted by molar-refractivity contribution is 0.464. The van der Waals surface area contributed by atoms with Gasteiger partial charge in [-0.15, -0.1) is 0 Å². The van der Waals surface area contributed by atoms with Crippen molar-refractivity contribution >= 4 is 10.0 Å². The first-order valence-electron chi connectivity index (χ1n) is 4.09. The van der Waals surface area contributed by atoms with E-state index in [4.69, 9.17) is 0 Å². The van der Waals surface area contributed by atoms with Crippen LogP contribution in [0, 0.1) is 0 Å². The van der Waals surface area contributed by atoms with E-state index in [9.17, 15) is 8.42 Å². The van der Waals surface area contributed by atoms with Crippen molar-refractivity contribution in [3.63, 3.8) is 0 Å². The van der Waals surface area contributed by atoms with Crippen LogP contribution in [0.4, 0.5) is 0 Å². The molecule has 0 bridgehead atoms. The van der Waals surface area contributed by atoms with Crippen LogP contribution in [0.1, 0.15) is 12.8 Å². The van der Waals surface area contributed by atoms with Crippen LogP contribution in [-0.2, 0) is 10.0 Å². The molecule has 1 saturated carbocycles. The molecule has 1 aliphatic rings. The number of hydrogen-bond donors (Lipinski definition) is 1. The van der Waals surface area contributed by atoms with Gasteiger partial charge in [0.25, 0.3) is 0 Å². The normalized spacial score (nSPS) is 18.0. The van der Waals surface area contributed by atoms with Gasteiger partial charge in [0, 0.05) is 19.3 Å². The predicted octanol–water partition coefficient (Wildman–Crippen LogP) is 0.193. The summed E-state index contributed by atoms with van der Waals surface area (Å²) in [6, 6.07) is 0.194. The second-order valence-corrected chi connectivity index (χ2v) is 5.18. The van der Waals surface area contributed by atoms with Crippen molar-refractivity contribution in [3.05, 3.63) is 12.4 Å². The van der Waals surface area contributed by atoms with E-state index in [1.54, 1.807) is 7.05 Å². The Kier molecular flexibility index (Phi) is 1.88. The Bertz CT molecular complexity index is 380. The minimum absolute atomic E-state index is 0.194. The summed E-state index contributed by atoms with van der Waals surface area (Å²) in [4.78, 5) is 0.238. The van der Waals surface area contributed by atoms with Gasteiger partial charge >= 0.3 is 0 Å². The molecule has 6 heteroatoms. The highest BCUT2D eigenvalue weighted by Crippen LogP contribution is 2.29. The summed E-state index contributed by atoms with van der Waals surface area (Å²) in [7, 11) is -1.68. The number of sulfonamides is 1. The van der Waals surface area contributed by atoms with Gasteiger partial charge in [-0.3, -0.25) is 5.10 Å². The first-order valence-corrected chi connectivity index (χ1v) is 5.53. The van der Waals surface area contributed by atoms with Gasteiger partial charge in [0.2, 0.25) is 10.0 Å². The molecule has 0 radical (unpaired) electrons. The average molecular weight is 201 g/mol. The largest absolute Gasteiger partial charge is 0.284 e. The Balaban J connectivity index is 2.30. The minimum atomic E-state index is -3.29. The standard InChI is InChI=1S/C7H11N3O2S/c1-10(6-2-3-6)13(11,12)7-4-8-9-5-7/h4-6H,2-3H2,1H3,(H,8,9). The van der Waals surface area contributed by atoms with E-state index in [-0.39, 0.29) is 10.9 Å². The highest BCUT2D eigenvalue weighted by Gasteiger charge is 2.35. The summed E-state index contributed by atoms with van der Waals surface area (Å²) < 4.78 is 24.9. The Morgan fingerprint density at radius 3 is 2.77 bits per heavy atom. The smallest absolute Gasteiger partial charge is 0.246 e. The Morgan fingerprint density at radius 2 is 2.31 bits per heavy atom. The van der Waals surface area contributed by atoms with Crippen LogP contribution in [0.15, 0.2) is 17.3 Å². The van der Waals surface area contributed by atoms with Gasteiger partial charge in [0.1, 0.15) is 4.90 Å². The predicted molar refractivity (Wildman–Crippen MR) is 46.6 cm³/mol. The maximum absolute atomic E-state index is 11.7. The summed E-state index contributed by atoms with van der Waals surface area (Å²) in [6.07, 6.45) is 4.66. The van der Waals surface area contributed by atoms with E-state index in [0.29, 0.717) is 0 Å². The molecule has 1 aromatic heterocycles. The second kappa shape index (κ2) is 2.81. The van der Waals surface area contributed by atoms with Gasteiger partial charge in [0.05, 0.1) is 6.20 Å². The summed E-state index contributed by atoms with van der Waals surface area (Å²) in [5, 5.41) is 6.11. The number of nitrogens with zero attached hydrogens (tertiary/aromatic N) is 2. The molecule has 1 fully saturated rings. The molecule has 0 aliphatic heterocycles. The third kappa shape index (κ3) is 1.47. The monoisotopic (exact) mass is 201 g/mol. The van der Waals surface area contributed by atoms with Gasteiger partial charge in [-0.2, -0.15) is 9.40 Å². The van der Waals surface area contributed by atoms with Crippen molar-refractivity contribution in [1.29, 1.82) is 0 Å². The van der Waals surface area contributed by atoms with Gasteiger partial charge < -0.3 is 0 Å². The van der Waals surface area contributed by atoms with Crippen molar-refractivity contribution in [1.82, 2.24) is 14.5 Å². The van der Waals surface area contributed by atoms with Crippen molar-refractivity contribution < 1.29 is 8.42 Å². The topological polar surface area (TPSA) is 66.1 Å². The molecule has 0 spiro atoms. The van der Waals surface area contributed by atoms with Gasteiger partial charge in [-0.25, -0.2) is 8.42 Å². The van der Waals surface area contributed by atoms with E-state index in [1.807, 2.05) is 0 Å². The zero-order chi connectivity index (χ0) is 9.47. The first kappa shape index (κ1) is 8.71. The molecule has 0 unspecified atom stereocenters. The maximum atomic E-state index is 11.7. The summed E-state index contributed by atoms with van der Waals surface area (Å²) in [6.45, 7) is 0. The molecule has 72 valence electrons. The molecule has 13 heavy (non-hydrogen) atoms. The summed E-state index contributed by atoms with van der Waals surface area (Å²) in [5.74, 6) is 0. The zero-order valence-electron chi connectivity index (χ0n) is 7.27. The average Bonchev–Trinajstić information content (AvgIpc) is 2.78. The van der Waals surface area contributed by atoms with Crippen LogP contribution >= 0.6 is 0 Å². The molecule has 0 saturated heterocycles. The molecule has 1 N–H and O–H groups in total. The van der Waals surface area contributed by atoms with Crippen LogP contribution in [0.2, 0.25) is 0 Å². The third-order valence-electron chi connectivity index (χ3n) is 2.21. The molecule has 2 rings (SSSR count). The molecule has 0 atom stereocenters. The van der Waals surface area contributed by atoms with Crippen LogP contribution < -0.4 is 0 Å². The summed E-state index contributed by atoms with van der Waals surface area (Å²) >= 11 is 0. The lowest BCUT2D eigenvalue weighted by Gasteiger charge is -2.14. The number of aromatic nitrogens is 2. The minimum Gasteiger partial charge on any atom is -0.284 e. The highest BCUT2D eigenvalue weighted by atomic mass is 32.2. The molecule has 0 amide bonds. The molecular formula is C7H11N3O2S. The van der Waals surface area contributed by atoms with Crippen LogP contribution in [0.25, 0.3) is 0 Å². The Labute approximate surface area is 76.8 Å². The van der Waals surface area contributed by atoms with Crippen molar-refractivity contribution in [3.8, 4) is 0 Å². The van der Waals surface area contributed by atoms with Crippen molar-refractivity contribution in [2.75, 3.05) is 7.05 Å². The van der Waals surface area contributed by atoms with E-state index < -0.39 is 10.0 Å². The summed E-state index contributed by atoms with van der Waals surface area (Å²) in [5.41, 5.74) is 0. The quantitative estimate of drug-likeness (QED) is 0.759. The van der Waals surface area contributed by atoms with Gasteiger partial charge in [0.15, 0.2) is 0 Å². The van der Waals surface area contributed by atoms with E-state index >= 15 is 0 Å². The molecule has 1 heterocycles.